The first-order valence-corrected chi connectivity index (χ1v) is 29.7. The van der Waals surface area contributed by atoms with Crippen molar-refractivity contribution in [2.45, 2.75) is 140 Å². The summed E-state index contributed by atoms with van der Waals surface area (Å²) in [4.78, 5) is 182. The van der Waals surface area contributed by atoms with Crippen LogP contribution in [0.4, 0.5) is 0 Å². The third-order valence-electron chi connectivity index (χ3n) is 14.1. The van der Waals surface area contributed by atoms with Crippen LogP contribution >= 0.6 is 0 Å². The number of aromatic amines is 2. The Bertz CT molecular complexity index is 3260. The molecule has 6 rings (SSSR count). The fraction of sp³-hybridized carbons (Fsp3) is 0.475. The van der Waals surface area contributed by atoms with Crippen LogP contribution in [0, 0.1) is 5.92 Å². The molecule has 4 aromatic rings. The molecule has 2 fully saturated rings. The molecule has 0 saturated carbocycles. The van der Waals surface area contributed by atoms with Crippen molar-refractivity contribution < 1.29 is 88.2 Å². The van der Waals surface area contributed by atoms with Crippen LogP contribution in [0.1, 0.15) is 89.5 Å². The minimum atomic E-state index is -1.76. The van der Waals surface area contributed by atoms with E-state index in [0.717, 1.165) is 13.8 Å². The number of H-pyrrole nitrogens is 2. The zero-order valence-electron chi connectivity index (χ0n) is 52.3. The zero-order chi connectivity index (χ0) is 68.9. The Morgan fingerprint density at radius 1 is 0.702 bits per heavy atom. The number of rotatable bonds is 31. The highest BCUT2D eigenvalue weighted by Gasteiger charge is 2.39. The number of fused-ring (bicyclic) bond motifs is 1. The zero-order valence-corrected chi connectivity index (χ0v) is 52.3. The van der Waals surface area contributed by atoms with Gasteiger partial charge in [0.25, 0.3) is 11.9 Å². The predicted molar refractivity (Wildman–Crippen MR) is 335 cm³/mol. The lowest BCUT2D eigenvalue weighted by molar-refractivity contribution is -0.142. The summed E-state index contributed by atoms with van der Waals surface area (Å²) in [7, 11) is 0. The van der Waals surface area contributed by atoms with E-state index < -0.39 is 139 Å². The molecule has 2 aliphatic heterocycles. The molecule has 2 saturated heterocycles. The predicted octanol–water partition coefficient (Wildman–Crippen LogP) is -5.03. The average molecular weight is 1320 g/mol. The molecule has 0 radical (unpaired) electrons. The Morgan fingerprint density at radius 3 is 1.88 bits per heavy atom. The van der Waals surface area contributed by atoms with Crippen molar-refractivity contribution in [2.75, 3.05) is 32.8 Å². The molecule has 8 atom stereocenters. The van der Waals surface area contributed by atoms with Gasteiger partial charge in [-0.25, -0.2) is 4.98 Å². The van der Waals surface area contributed by atoms with Crippen LogP contribution in [0.5, 0.6) is 5.75 Å². The topological polar surface area (TPSA) is 581 Å². The van der Waals surface area contributed by atoms with Crippen molar-refractivity contribution >= 4 is 93.8 Å². The number of likely N-dealkylation sites (tertiary alicyclic amines) is 1. The molecular formula is C59H85N17O18. The number of aromatic nitrogens is 3. The van der Waals surface area contributed by atoms with Crippen LogP contribution < -0.4 is 65.1 Å². The lowest BCUT2D eigenvalue weighted by Crippen LogP contribution is -2.60. The number of aliphatic carboxylic acids is 2. The molecule has 2 aromatic heterocycles. The number of nitrogens with two attached hydrogens (primary N) is 3. The van der Waals surface area contributed by atoms with E-state index in [1.807, 2.05) is 0 Å². The summed E-state index contributed by atoms with van der Waals surface area (Å²) in [5.74, 6) is -10.5. The number of hydrogen-bond donors (Lipinski definition) is 18. The molecule has 0 aliphatic carbocycles. The number of amides is 11. The molecule has 35 nitrogen and oxygen atoms in total. The number of hydrogen-bond acceptors (Lipinski definition) is 17. The molecule has 4 heterocycles. The number of aliphatic hydroxyl groups is 1. The van der Waals surface area contributed by atoms with Crippen LogP contribution in [0.15, 0.2) is 72.2 Å². The summed E-state index contributed by atoms with van der Waals surface area (Å²) in [5, 5.41) is 59.3. The van der Waals surface area contributed by atoms with Gasteiger partial charge in [-0.2, -0.15) is 0 Å². The van der Waals surface area contributed by atoms with E-state index in [-0.39, 0.29) is 99.9 Å². The molecule has 2 aliphatic rings. The maximum Gasteiger partial charge on any atom is 0.300 e. The summed E-state index contributed by atoms with van der Waals surface area (Å²) in [6.45, 7) is 3.79. The number of aliphatic imine (C=N–C) groups is 1. The molecule has 514 valence electrons. The SMILES string of the molecule is CC(=O)O.CC(=O)O.CC(C)CC(NC(=O)CNC(=O)C(Cc1ccc(O)cc1)NC(=O)C(CO)NC(=O)C(Cc1c[nH]c2ccccc12)NC(=O)C(Cc1cnc[nH]1)NC(=O)C1CCC(=O)N1)C(=O)NC(CCCN=C(N)N)C(=O)N1CCCC1C(=O)NCC(N)=O.O. The normalized spacial score (nSPS) is 15.7. The second-order valence-electron chi connectivity index (χ2n) is 22.2. The second kappa shape index (κ2) is 38.9. The quantitative estimate of drug-likeness (QED) is 0.0127. The number of phenols is 1. The van der Waals surface area contributed by atoms with Crippen LogP contribution in [0.25, 0.3) is 10.9 Å². The van der Waals surface area contributed by atoms with Gasteiger partial charge in [-0.05, 0) is 73.8 Å². The Hall–Kier alpha value is -10.7. The number of nitrogens with one attached hydrogen (secondary N) is 11. The first-order chi connectivity index (χ1) is 44.0. The number of primary amides is 1. The van der Waals surface area contributed by atoms with Crippen molar-refractivity contribution in [3.8, 4) is 5.75 Å². The highest BCUT2D eigenvalue weighted by atomic mass is 16.4. The number of carboxylic acid groups (broad SMARTS) is 2. The maximum absolute atomic E-state index is 14.4. The van der Waals surface area contributed by atoms with E-state index >= 15 is 0 Å². The van der Waals surface area contributed by atoms with E-state index in [2.05, 4.69) is 67.8 Å². The number of carboxylic acids is 2. The van der Waals surface area contributed by atoms with Gasteiger partial charge in [0.1, 0.15) is 54.1 Å². The lowest BCUT2D eigenvalue weighted by atomic mass is 10.0. The summed E-state index contributed by atoms with van der Waals surface area (Å²) < 4.78 is 0. The maximum atomic E-state index is 14.4. The van der Waals surface area contributed by atoms with E-state index in [1.165, 1.54) is 41.7 Å². The van der Waals surface area contributed by atoms with Gasteiger partial charge in [-0.1, -0.05) is 44.2 Å². The van der Waals surface area contributed by atoms with Gasteiger partial charge < -0.3 is 106 Å². The summed E-state index contributed by atoms with van der Waals surface area (Å²) in [6, 6.07) is 2.37. The van der Waals surface area contributed by atoms with E-state index in [1.54, 1.807) is 44.3 Å². The average Bonchev–Trinajstić information content (AvgIpc) is 1.64. The Morgan fingerprint density at radius 2 is 1.30 bits per heavy atom. The van der Waals surface area contributed by atoms with E-state index in [9.17, 15) is 63.0 Å². The van der Waals surface area contributed by atoms with Gasteiger partial charge in [0, 0.05) is 81.6 Å². The largest absolute Gasteiger partial charge is 0.508 e. The van der Waals surface area contributed by atoms with Crippen molar-refractivity contribution in [2.24, 2.45) is 28.1 Å². The molecular weight excluding hydrogens is 1230 g/mol. The molecule has 8 unspecified atom stereocenters. The van der Waals surface area contributed by atoms with Gasteiger partial charge in [-0.3, -0.25) is 67.3 Å². The molecule has 2 aromatic carbocycles. The number of imidazole rings is 1. The molecule has 11 amide bonds. The second-order valence-corrected chi connectivity index (χ2v) is 22.2. The minimum Gasteiger partial charge on any atom is -0.508 e. The van der Waals surface area contributed by atoms with Crippen molar-refractivity contribution in [1.29, 1.82) is 0 Å². The summed E-state index contributed by atoms with van der Waals surface area (Å²) in [6.07, 6.45) is 5.24. The lowest BCUT2D eigenvalue weighted by Gasteiger charge is -2.30. The highest BCUT2D eigenvalue weighted by molar-refractivity contribution is 5.99. The monoisotopic (exact) mass is 1320 g/mol. The number of guanidine groups is 1. The van der Waals surface area contributed by atoms with E-state index in [4.69, 9.17) is 37.0 Å². The highest BCUT2D eigenvalue weighted by Crippen LogP contribution is 2.22. The summed E-state index contributed by atoms with van der Waals surface area (Å²) >= 11 is 0. The van der Waals surface area contributed by atoms with Gasteiger partial charge in [-0.15, -0.1) is 0 Å². The first-order valence-electron chi connectivity index (χ1n) is 29.7. The minimum absolute atomic E-state index is 0. The molecule has 35 heteroatoms. The number of nitrogens with zero attached hydrogens (tertiary/aromatic N) is 3. The van der Waals surface area contributed by atoms with Crippen LogP contribution in [-0.4, -0.2) is 210 Å². The van der Waals surface area contributed by atoms with Gasteiger partial charge >= 0.3 is 0 Å². The Kier molecular flexibility index (Phi) is 32.1. The Labute approximate surface area is 539 Å². The third kappa shape index (κ3) is 26.6. The number of phenolic OH excluding ortho intramolecular Hbond substituents is 1. The van der Waals surface area contributed by atoms with Crippen molar-refractivity contribution in [1.82, 2.24) is 67.7 Å². The number of aromatic hydroxyl groups is 1. The van der Waals surface area contributed by atoms with Gasteiger partial charge in [0.05, 0.1) is 26.0 Å². The number of carbonyl (C=O) groups excluding carboxylic acids is 11. The number of aliphatic hydroxyl groups excluding tert-OH is 1. The number of benzene rings is 2. The fourth-order valence-corrected chi connectivity index (χ4v) is 9.79. The van der Waals surface area contributed by atoms with Crippen molar-refractivity contribution in [3.63, 3.8) is 0 Å². The third-order valence-corrected chi connectivity index (χ3v) is 14.1. The molecule has 0 bridgehead atoms. The number of para-hydroxylation sites is 1. The van der Waals surface area contributed by atoms with Crippen molar-refractivity contribution in [3.05, 3.63) is 84.1 Å². The number of carbonyl (C=O) groups is 13. The Balaban J connectivity index is 0.00000242. The molecule has 0 spiro atoms. The summed E-state index contributed by atoms with van der Waals surface area (Å²) in [5.41, 5.74) is 18.3. The van der Waals surface area contributed by atoms with Crippen LogP contribution in [0.2, 0.25) is 0 Å². The standard InChI is InChI=1S/C55H75N17O13.2C2H4O2.H2O/c1-29(2)19-38(49(80)67-37(9-5-17-60-55(57)58)54(85)72-18-6-10-43(72)53(84)62-25-44(56)75)66-46(77)26-63-47(78)39(20-30-11-13-33(74)14-12-30)68-52(83)42(27-73)71-50(81)40(21-31-23-61-35-8-4-3-7-34(31)35)69-51(82)41(22-32-24-59-28-64-32)70-48(79)36-15-16-45(76)65-36;2*1-2(3)4;/h3-4,7-8,11-14,23-24,28-29,36-43,61,73-74H,5-6,9-10,15-22,25-27H2,1-2H3,(H2,56,75)(H,59,64)(H,62,84)(H,63,78)(H,65,76)(H,66,77)(H,67,80)(H,68,83)(H,69,82)(H,70,79)(H,71,81)(H4,57,58,60);2*1H3,(H,3,4);1H2. The smallest absolute Gasteiger partial charge is 0.300 e. The fourth-order valence-electron chi connectivity index (χ4n) is 9.79. The molecule has 23 N–H and O–H groups in total. The van der Waals surface area contributed by atoms with Crippen LogP contribution in [0.3, 0.4) is 0 Å². The van der Waals surface area contributed by atoms with Crippen LogP contribution in [-0.2, 0) is 81.6 Å². The van der Waals surface area contributed by atoms with E-state index in [0.29, 0.717) is 34.1 Å². The first kappa shape index (κ1) is 77.5. The van der Waals surface area contributed by atoms with Gasteiger partial charge in [0.15, 0.2) is 5.96 Å². The molecule has 94 heavy (non-hydrogen) atoms. The van der Waals surface area contributed by atoms with Gasteiger partial charge in [0.2, 0.25) is 65.0 Å².